The molecule has 0 aliphatic rings. The lowest BCUT2D eigenvalue weighted by molar-refractivity contribution is -0.151. The molecule has 0 fully saturated rings. The summed E-state index contributed by atoms with van der Waals surface area (Å²) in [5, 5.41) is 2.64. The minimum absolute atomic E-state index is 0.0357. The van der Waals surface area contributed by atoms with Gasteiger partial charge >= 0.3 is 11.9 Å². The van der Waals surface area contributed by atoms with Gasteiger partial charge in [-0.15, -0.1) is 0 Å². The molecule has 0 heterocycles. The van der Waals surface area contributed by atoms with Gasteiger partial charge < -0.3 is 19.7 Å². The van der Waals surface area contributed by atoms with E-state index >= 15 is 0 Å². The van der Waals surface area contributed by atoms with Gasteiger partial charge in [0.25, 0.3) is 0 Å². The SMILES string of the molecule is CNCC(=O)N(CC(=O)OC)CC(=O)OC. The molecule has 0 aliphatic heterocycles. The van der Waals surface area contributed by atoms with Gasteiger partial charge in [0.2, 0.25) is 5.91 Å². The number of methoxy groups -OCH3 is 2. The highest BCUT2D eigenvalue weighted by Crippen LogP contribution is 1.92. The second-order valence-corrected chi connectivity index (χ2v) is 2.93. The molecule has 1 N–H and O–H groups in total. The van der Waals surface area contributed by atoms with Crippen LogP contribution in [0.15, 0.2) is 0 Å². The average Bonchev–Trinajstić information content (AvgIpc) is 2.27. The minimum Gasteiger partial charge on any atom is -0.468 e. The molecule has 0 spiro atoms. The molecule has 0 rings (SSSR count). The third-order valence-electron chi connectivity index (χ3n) is 1.78. The number of ether oxygens (including phenoxy) is 2. The molecule has 0 aliphatic carbocycles. The van der Waals surface area contributed by atoms with Gasteiger partial charge in [-0.3, -0.25) is 14.4 Å². The number of amides is 1. The molecule has 0 unspecified atom stereocenters. The first kappa shape index (κ1) is 14.4. The Hall–Kier alpha value is -1.63. The van der Waals surface area contributed by atoms with Crippen LogP contribution >= 0.6 is 0 Å². The molecule has 0 aromatic carbocycles. The van der Waals surface area contributed by atoms with Crippen LogP contribution in [0.2, 0.25) is 0 Å². The van der Waals surface area contributed by atoms with Crippen molar-refractivity contribution < 1.29 is 23.9 Å². The van der Waals surface area contributed by atoms with Crippen molar-refractivity contribution in [3.8, 4) is 0 Å². The Morgan fingerprint density at radius 3 is 1.81 bits per heavy atom. The van der Waals surface area contributed by atoms with E-state index in [4.69, 9.17) is 0 Å². The van der Waals surface area contributed by atoms with Crippen molar-refractivity contribution in [3.63, 3.8) is 0 Å². The highest BCUT2D eigenvalue weighted by atomic mass is 16.5. The molecular weight excluding hydrogens is 216 g/mol. The third kappa shape index (κ3) is 5.30. The molecule has 16 heavy (non-hydrogen) atoms. The first-order valence-electron chi connectivity index (χ1n) is 4.61. The van der Waals surface area contributed by atoms with E-state index in [9.17, 15) is 14.4 Å². The predicted molar refractivity (Wildman–Crippen MR) is 54.5 cm³/mol. The van der Waals surface area contributed by atoms with E-state index in [0.717, 1.165) is 4.90 Å². The molecule has 1 amide bonds. The molecule has 92 valence electrons. The summed E-state index contributed by atoms with van der Waals surface area (Å²) in [4.78, 5) is 34.6. The molecule has 7 nitrogen and oxygen atoms in total. The summed E-state index contributed by atoms with van der Waals surface area (Å²) in [7, 11) is 4.01. The molecule has 0 aromatic heterocycles. The van der Waals surface area contributed by atoms with Gasteiger partial charge in [0.15, 0.2) is 0 Å². The Kier molecular flexibility index (Phi) is 6.86. The van der Waals surface area contributed by atoms with E-state index in [2.05, 4.69) is 14.8 Å². The van der Waals surface area contributed by atoms with Crippen LogP contribution < -0.4 is 5.32 Å². The van der Waals surface area contributed by atoms with E-state index in [1.165, 1.54) is 14.2 Å². The van der Waals surface area contributed by atoms with E-state index in [1.54, 1.807) is 7.05 Å². The van der Waals surface area contributed by atoms with Gasteiger partial charge in [-0.05, 0) is 7.05 Å². The number of nitrogens with one attached hydrogen (secondary N) is 1. The van der Waals surface area contributed by atoms with Crippen LogP contribution in [-0.4, -0.2) is 63.6 Å². The Balaban J connectivity index is 4.43. The lowest BCUT2D eigenvalue weighted by Gasteiger charge is -2.19. The van der Waals surface area contributed by atoms with Gasteiger partial charge in [0, 0.05) is 0 Å². The van der Waals surface area contributed by atoms with Crippen LogP contribution in [0.3, 0.4) is 0 Å². The molecule has 0 bridgehead atoms. The maximum Gasteiger partial charge on any atom is 0.325 e. The van der Waals surface area contributed by atoms with E-state index in [-0.39, 0.29) is 25.5 Å². The van der Waals surface area contributed by atoms with Crippen LogP contribution in [0.1, 0.15) is 0 Å². The van der Waals surface area contributed by atoms with Crippen LogP contribution in [0, 0.1) is 0 Å². The van der Waals surface area contributed by atoms with Crippen molar-refractivity contribution in [2.75, 3.05) is 40.9 Å². The van der Waals surface area contributed by atoms with Crippen molar-refractivity contribution in [2.24, 2.45) is 0 Å². The number of carbonyl (C=O) groups is 3. The number of rotatable bonds is 6. The molecule has 0 aromatic rings. The van der Waals surface area contributed by atoms with Crippen molar-refractivity contribution in [1.82, 2.24) is 10.2 Å². The smallest absolute Gasteiger partial charge is 0.325 e. The summed E-state index contributed by atoms with van der Waals surface area (Å²) in [6.07, 6.45) is 0. The molecular formula is C9H16N2O5. The summed E-state index contributed by atoms with van der Waals surface area (Å²) < 4.78 is 8.84. The van der Waals surface area contributed by atoms with E-state index in [0.29, 0.717) is 0 Å². The zero-order chi connectivity index (χ0) is 12.6. The fraction of sp³-hybridized carbons (Fsp3) is 0.667. The number of likely N-dealkylation sites (N-methyl/N-ethyl adjacent to an activating group) is 1. The molecule has 7 heteroatoms. The van der Waals surface area contributed by atoms with E-state index < -0.39 is 11.9 Å². The predicted octanol–water partition coefficient (Wildman–Crippen LogP) is -1.62. The summed E-state index contributed by atoms with van der Waals surface area (Å²) >= 11 is 0. The number of hydrogen-bond acceptors (Lipinski definition) is 6. The zero-order valence-electron chi connectivity index (χ0n) is 9.61. The number of carbonyl (C=O) groups excluding carboxylic acids is 3. The molecule has 0 atom stereocenters. The Morgan fingerprint density at radius 2 is 1.50 bits per heavy atom. The van der Waals surface area contributed by atoms with Crippen molar-refractivity contribution >= 4 is 17.8 Å². The van der Waals surface area contributed by atoms with Crippen molar-refractivity contribution in [2.45, 2.75) is 0 Å². The van der Waals surface area contributed by atoms with E-state index in [1.807, 2.05) is 0 Å². The monoisotopic (exact) mass is 232 g/mol. The maximum atomic E-state index is 11.5. The first-order valence-corrected chi connectivity index (χ1v) is 4.61. The quantitative estimate of drug-likeness (QED) is 0.554. The Bertz CT molecular complexity index is 249. The second kappa shape index (κ2) is 7.63. The highest BCUT2D eigenvalue weighted by Gasteiger charge is 2.20. The average molecular weight is 232 g/mol. The third-order valence-corrected chi connectivity index (χ3v) is 1.78. The second-order valence-electron chi connectivity index (χ2n) is 2.93. The fourth-order valence-electron chi connectivity index (χ4n) is 0.936. The van der Waals surface area contributed by atoms with Crippen LogP contribution in [-0.2, 0) is 23.9 Å². The number of esters is 2. The number of hydrogen-bond donors (Lipinski definition) is 1. The van der Waals surface area contributed by atoms with Crippen molar-refractivity contribution in [1.29, 1.82) is 0 Å². The van der Waals surface area contributed by atoms with Crippen molar-refractivity contribution in [3.05, 3.63) is 0 Å². The van der Waals surface area contributed by atoms with Crippen LogP contribution in [0.5, 0.6) is 0 Å². The van der Waals surface area contributed by atoms with Gasteiger partial charge in [-0.2, -0.15) is 0 Å². The van der Waals surface area contributed by atoms with Gasteiger partial charge in [-0.25, -0.2) is 0 Å². The first-order chi connectivity index (χ1) is 7.54. The van der Waals surface area contributed by atoms with Crippen LogP contribution in [0.25, 0.3) is 0 Å². The normalized spacial score (nSPS) is 9.44. The molecule has 0 saturated heterocycles. The Morgan fingerprint density at radius 1 is 1.06 bits per heavy atom. The summed E-state index contributed by atoms with van der Waals surface area (Å²) in [6.45, 7) is -0.508. The largest absolute Gasteiger partial charge is 0.468 e. The molecule has 0 radical (unpaired) electrons. The van der Waals surface area contributed by atoms with Gasteiger partial charge in [0.1, 0.15) is 13.1 Å². The molecule has 0 saturated carbocycles. The lowest BCUT2D eigenvalue weighted by atomic mass is 10.4. The summed E-state index contributed by atoms with van der Waals surface area (Å²) in [5.41, 5.74) is 0. The lowest BCUT2D eigenvalue weighted by Crippen LogP contribution is -2.43. The van der Waals surface area contributed by atoms with Gasteiger partial charge in [0.05, 0.1) is 20.8 Å². The minimum atomic E-state index is -0.589. The fourth-order valence-corrected chi connectivity index (χ4v) is 0.936. The van der Waals surface area contributed by atoms with Crippen LogP contribution in [0.4, 0.5) is 0 Å². The van der Waals surface area contributed by atoms with Gasteiger partial charge in [-0.1, -0.05) is 0 Å². The Labute approximate surface area is 93.7 Å². The summed E-state index contributed by atoms with van der Waals surface area (Å²) in [6, 6.07) is 0. The topological polar surface area (TPSA) is 84.9 Å². The maximum absolute atomic E-state index is 11.5. The highest BCUT2D eigenvalue weighted by molar-refractivity contribution is 5.86. The standard InChI is InChI=1S/C9H16N2O5/c1-10-4-7(12)11(5-8(13)15-2)6-9(14)16-3/h10H,4-6H2,1-3H3. The zero-order valence-corrected chi connectivity index (χ0v) is 9.61. The number of nitrogens with zero attached hydrogens (tertiary/aromatic N) is 1. The summed E-state index contributed by atoms with van der Waals surface area (Å²) in [5.74, 6) is -1.56.